The van der Waals surface area contributed by atoms with Crippen LogP contribution < -0.4 is 20.6 Å². The van der Waals surface area contributed by atoms with Crippen molar-refractivity contribution in [2.75, 3.05) is 24.7 Å². The van der Waals surface area contributed by atoms with E-state index in [0.717, 1.165) is 10.6 Å². The summed E-state index contributed by atoms with van der Waals surface area (Å²) in [6.07, 6.45) is 2.57. The number of benzene rings is 1. The summed E-state index contributed by atoms with van der Waals surface area (Å²) in [5.74, 6) is -0.456. The summed E-state index contributed by atoms with van der Waals surface area (Å²) in [6.45, 7) is 7.55. The molecule has 2 aromatic heterocycles. The van der Waals surface area contributed by atoms with E-state index in [1.54, 1.807) is 18.2 Å². The Labute approximate surface area is 204 Å². The standard InChI is InChI=1S/C23H28BN3O7S/c1-22(2)23(3,4)34-24(33-22)15-12-14-17(13-16(15)26(6)35(7,30)31)32-21(19(14)20(29)25-5)27-11-9-8-10-18(27)28/h8-13H,1-7H3,(H,25,29). The minimum atomic E-state index is -3.67. The van der Waals surface area contributed by atoms with E-state index >= 15 is 0 Å². The van der Waals surface area contributed by atoms with Crippen LogP contribution in [0.25, 0.3) is 16.9 Å². The summed E-state index contributed by atoms with van der Waals surface area (Å²) in [5.41, 5.74) is -0.741. The first-order valence-electron chi connectivity index (χ1n) is 11.0. The van der Waals surface area contributed by atoms with Gasteiger partial charge < -0.3 is 19.0 Å². The summed E-state index contributed by atoms with van der Waals surface area (Å²) in [4.78, 5) is 25.5. The highest BCUT2D eigenvalue weighted by atomic mass is 32.2. The summed E-state index contributed by atoms with van der Waals surface area (Å²) in [7, 11) is -1.70. The van der Waals surface area contributed by atoms with Crippen LogP contribution >= 0.6 is 0 Å². The van der Waals surface area contributed by atoms with Crippen LogP contribution in [0.15, 0.2) is 45.7 Å². The van der Waals surface area contributed by atoms with Gasteiger partial charge in [-0.1, -0.05) is 6.07 Å². The number of aromatic nitrogens is 1. The second kappa shape index (κ2) is 8.25. The number of anilines is 1. The molecule has 0 bridgehead atoms. The number of furan rings is 1. The highest BCUT2D eigenvalue weighted by molar-refractivity contribution is 7.92. The molecule has 1 N–H and O–H groups in total. The van der Waals surface area contributed by atoms with Crippen LogP contribution in [0.2, 0.25) is 0 Å². The third-order valence-corrected chi connectivity index (χ3v) is 7.85. The van der Waals surface area contributed by atoms with Crippen molar-refractivity contribution < 1.29 is 26.9 Å². The molecular weight excluding hydrogens is 473 g/mol. The number of carbonyl (C=O) groups excluding carboxylic acids is 1. The predicted molar refractivity (Wildman–Crippen MR) is 134 cm³/mol. The smallest absolute Gasteiger partial charge is 0.439 e. The molecule has 0 atom stereocenters. The van der Waals surface area contributed by atoms with Crippen molar-refractivity contribution in [2.45, 2.75) is 38.9 Å². The lowest BCUT2D eigenvalue weighted by Gasteiger charge is -2.32. The van der Waals surface area contributed by atoms with E-state index in [1.807, 2.05) is 27.7 Å². The van der Waals surface area contributed by atoms with Gasteiger partial charge in [-0.3, -0.25) is 18.5 Å². The summed E-state index contributed by atoms with van der Waals surface area (Å²) >= 11 is 0. The molecule has 0 spiro atoms. The van der Waals surface area contributed by atoms with Gasteiger partial charge >= 0.3 is 7.12 Å². The molecule has 1 amide bonds. The number of pyridine rings is 1. The average Bonchev–Trinajstić information content (AvgIpc) is 3.24. The van der Waals surface area contributed by atoms with Gasteiger partial charge in [0, 0.05) is 43.3 Å². The molecule has 0 unspecified atom stereocenters. The molecule has 12 heteroatoms. The lowest BCUT2D eigenvalue weighted by Crippen LogP contribution is -2.41. The van der Waals surface area contributed by atoms with Crippen LogP contribution in [0, 0.1) is 0 Å². The maximum absolute atomic E-state index is 13.0. The molecule has 1 aliphatic rings. The lowest BCUT2D eigenvalue weighted by molar-refractivity contribution is 0.00578. The van der Waals surface area contributed by atoms with Gasteiger partial charge in [0.1, 0.15) is 11.1 Å². The Morgan fingerprint density at radius 2 is 1.74 bits per heavy atom. The van der Waals surface area contributed by atoms with E-state index in [9.17, 15) is 18.0 Å². The maximum Gasteiger partial charge on any atom is 0.497 e. The molecular formula is C23H28BN3O7S. The number of hydrogen-bond acceptors (Lipinski definition) is 7. The number of fused-ring (bicyclic) bond motifs is 1. The first kappa shape index (κ1) is 25.0. The Morgan fingerprint density at radius 1 is 1.11 bits per heavy atom. The molecule has 35 heavy (non-hydrogen) atoms. The van der Waals surface area contributed by atoms with Crippen molar-refractivity contribution in [2.24, 2.45) is 0 Å². The van der Waals surface area contributed by atoms with Crippen molar-refractivity contribution in [3.8, 4) is 5.88 Å². The molecule has 0 aliphatic carbocycles. The fourth-order valence-electron chi connectivity index (χ4n) is 3.86. The first-order valence-corrected chi connectivity index (χ1v) is 12.8. The normalized spacial score (nSPS) is 17.1. The second-order valence-electron chi connectivity index (χ2n) is 9.50. The average molecular weight is 501 g/mol. The van der Waals surface area contributed by atoms with E-state index in [1.165, 1.54) is 37.0 Å². The lowest BCUT2D eigenvalue weighted by atomic mass is 9.77. The van der Waals surface area contributed by atoms with Crippen molar-refractivity contribution >= 4 is 45.2 Å². The minimum Gasteiger partial charge on any atom is -0.439 e. The monoisotopic (exact) mass is 501 g/mol. The topological polar surface area (TPSA) is 120 Å². The van der Waals surface area contributed by atoms with Crippen molar-refractivity contribution in [1.82, 2.24) is 9.88 Å². The number of nitrogens with zero attached hydrogens (tertiary/aromatic N) is 2. The van der Waals surface area contributed by atoms with Gasteiger partial charge in [0.2, 0.25) is 15.9 Å². The van der Waals surface area contributed by atoms with E-state index in [2.05, 4.69) is 5.32 Å². The Kier molecular flexibility index (Phi) is 5.90. The number of nitrogens with one attached hydrogen (secondary N) is 1. The zero-order valence-electron chi connectivity index (χ0n) is 20.7. The van der Waals surface area contributed by atoms with Gasteiger partial charge in [0.25, 0.3) is 11.5 Å². The molecule has 3 heterocycles. The van der Waals surface area contributed by atoms with Crippen LogP contribution in [0.4, 0.5) is 5.69 Å². The van der Waals surface area contributed by atoms with E-state index in [0.29, 0.717) is 10.8 Å². The second-order valence-corrected chi connectivity index (χ2v) is 11.5. The van der Waals surface area contributed by atoms with Crippen LogP contribution in [0.1, 0.15) is 38.1 Å². The van der Waals surface area contributed by atoms with Gasteiger partial charge in [-0.15, -0.1) is 0 Å². The SMILES string of the molecule is CNC(=O)c1c(-n2ccccc2=O)oc2cc(N(C)S(C)(=O)=O)c(B3OC(C)(C)C(C)(C)O3)cc12. The Bertz CT molecular complexity index is 1470. The van der Waals surface area contributed by atoms with Crippen molar-refractivity contribution in [3.05, 3.63) is 52.4 Å². The van der Waals surface area contributed by atoms with Gasteiger partial charge in [-0.25, -0.2) is 8.42 Å². The minimum absolute atomic E-state index is 0.0176. The highest BCUT2D eigenvalue weighted by Gasteiger charge is 2.52. The molecule has 1 saturated heterocycles. The van der Waals surface area contributed by atoms with Gasteiger partial charge in [-0.2, -0.15) is 0 Å². The maximum atomic E-state index is 13.0. The summed E-state index contributed by atoms with van der Waals surface area (Å²) in [5, 5.41) is 2.96. The molecule has 1 aliphatic heterocycles. The number of sulfonamides is 1. The first-order chi connectivity index (χ1) is 16.2. The Balaban J connectivity index is 2.05. The summed E-state index contributed by atoms with van der Waals surface area (Å²) < 4.78 is 45.7. The third kappa shape index (κ3) is 4.15. The third-order valence-electron chi connectivity index (χ3n) is 6.66. The predicted octanol–water partition coefficient (Wildman–Crippen LogP) is 1.64. The summed E-state index contributed by atoms with van der Waals surface area (Å²) in [6, 6.07) is 7.71. The van der Waals surface area contributed by atoms with Crippen molar-refractivity contribution in [3.63, 3.8) is 0 Å². The van der Waals surface area contributed by atoms with E-state index in [4.69, 9.17) is 13.7 Å². The number of rotatable bonds is 5. The van der Waals surface area contributed by atoms with Crippen LogP contribution in [0.3, 0.4) is 0 Å². The number of carbonyl (C=O) groups is 1. The van der Waals surface area contributed by atoms with Gasteiger partial charge in [0.15, 0.2) is 0 Å². The van der Waals surface area contributed by atoms with Crippen LogP contribution in [-0.2, 0) is 19.3 Å². The fraction of sp³-hybridized carbons (Fsp3) is 0.391. The highest BCUT2D eigenvalue weighted by Crippen LogP contribution is 2.38. The molecule has 1 fully saturated rings. The fourth-order valence-corrected chi connectivity index (χ4v) is 4.37. The largest absolute Gasteiger partial charge is 0.497 e. The Morgan fingerprint density at radius 3 is 2.29 bits per heavy atom. The van der Waals surface area contributed by atoms with Crippen molar-refractivity contribution in [1.29, 1.82) is 0 Å². The number of hydrogen-bond donors (Lipinski definition) is 1. The zero-order chi connectivity index (χ0) is 25.9. The van der Waals surface area contributed by atoms with Crippen LogP contribution in [0.5, 0.6) is 0 Å². The van der Waals surface area contributed by atoms with Crippen LogP contribution in [-0.4, -0.2) is 57.6 Å². The molecule has 4 rings (SSSR count). The van der Waals surface area contributed by atoms with Gasteiger partial charge in [-0.05, 0) is 39.8 Å². The molecule has 186 valence electrons. The molecule has 3 aromatic rings. The molecule has 0 radical (unpaired) electrons. The van der Waals surface area contributed by atoms with Gasteiger partial charge in [0.05, 0.1) is 23.1 Å². The molecule has 10 nitrogen and oxygen atoms in total. The zero-order valence-corrected chi connectivity index (χ0v) is 21.5. The molecule has 1 aromatic carbocycles. The molecule has 0 saturated carbocycles. The quantitative estimate of drug-likeness (QED) is 0.528. The Hall–Kier alpha value is -3.09. The van der Waals surface area contributed by atoms with E-state index in [-0.39, 0.29) is 22.7 Å². The van der Waals surface area contributed by atoms with E-state index < -0.39 is 39.8 Å². The number of amides is 1.